The lowest BCUT2D eigenvalue weighted by Gasteiger charge is -2.07. The molecule has 0 unspecified atom stereocenters. The van der Waals surface area contributed by atoms with Gasteiger partial charge < -0.3 is 0 Å². The molecular weight excluding hydrogens is 740 g/mol. The molecule has 3 rings (SSSR count). The molecule has 0 atom stereocenters. The normalized spacial score (nSPS) is 10.4. The van der Waals surface area contributed by atoms with Crippen LogP contribution in [0.5, 0.6) is 0 Å². The highest BCUT2D eigenvalue weighted by molar-refractivity contribution is 9.93. The molecule has 0 saturated heterocycles. The van der Waals surface area contributed by atoms with Gasteiger partial charge in [-0.3, -0.25) is 4.79 Å². The van der Waals surface area contributed by atoms with Crippen LogP contribution in [0.25, 0.3) is 0 Å². The van der Waals surface area contributed by atoms with Gasteiger partial charge in [0.15, 0.2) is 0 Å². The second-order valence-electron chi connectivity index (χ2n) is 6.95. The Balaban J connectivity index is -0.000000428. The maximum absolute atomic E-state index is 12.5. The highest BCUT2D eigenvalue weighted by atomic mass is 80.9. The van der Waals surface area contributed by atoms with E-state index in [-0.39, 0.29) is 18.6 Å². The Hall–Kier alpha value is -1.44. The van der Waals surface area contributed by atoms with Crippen molar-refractivity contribution < 1.29 is 37.9 Å². The maximum atomic E-state index is 12.5. The number of carbonyl (C=O) groups excluding carboxylic acids is 1. The summed E-state index contributed by atoms with van der Waals surface area (Å²) in [6.07, 6.45) is -1.50. The third kappa shape index (κ3) is 23.7. The van der Waals surface area contributed by atoms with Crippen molar-refractivity contribution in [1.29, 1.82) is 0 Å². The van der Waals surface area contributed by atoms with Gasteiger partial charge in [-0.25, -0.2) is 8.78 Å². The van der Waals surface area contributed by atoms with Crippen molar-refractivity contribution in [2.24, 2.45) is 0 Å². The van der Waals surface area contributed by atoms with Gasteiger partial charge in [-0.15, -0.1) is 0 Å². The fraction of sp³-hybridized carbons (Fsp3) is 0.240. The van der Waals surface area contributed by atoms with Crippen LogP contribution < -0.4 is 0 Å². The van der Waals surface area contributed by atoms with Crippen molar-refractivity contribution >= 4 is 62.0 Å². The average Bonchev–Trinajstić information content (AvgIpc) is 2.81. The highest BCUT2D eigenvalue weighted by Gasteiger charge is 2.26. The smallest absolute Gasteiger partial charge is 0.298 e. The number of hydrogen-bond acceptors (Lipinski definition) is 1. The van der Waals surface area contributed by atoms with E-state index in [1.807, 2.05) is 45.0 Å². The van der Waals surface area contributed by atoms with Gasteiger partial charge in [0.1, 0.15) is 6.29 Å². The average molecular weight is 767 g/mol. The van der Waals surface area contributed by atoms with Gasteiger partial charge in [-0.1, -0.05) is 112 Å². The van der Waals surface area contributed by atoms with Crippen LogP contribution in [0.1, 0.15) is 52.0 Å². The zero-order valence-electron chi connectivity index (χ0n) is 19.6. The predicted octanol–water partition coefficient (Wildman–Crippen LogP) is 12.8. The molecule has 0 aromatic heterocycles. The van der Waals surface area contributed by atoms with Crippen LogP contribution in [0.4, 0.5) is 33.1 Å². The van der Waals surface area contributed by atoms with Crippen molar-refractivity contribution in [3.05, 3.63) is 106 Å². The standard InChI is InChI=1S/C8H7BrF2.C8H8F2.C8H8O.CH4.Br2.F4S/c1-6-2-4-7(5-3-6)8(9,10)11;1-6-2-4-7(5-3-6)8(9)10;1-7-2-4-8(6-9)5-3-7;;1-2;1-5(2,3)4/h2-5H,1H3;2-5,8H,1H3;2-6H,1H3;1H4;;. The minimum absolute atomic E-state index is 0. The summed E-state index contributed by atoms with van der Waals surface area (Å²) in [6, 6.07) is 19.8. The largest absolute Gasteiger partial charge is 0.379 e. The predicted molar refractivity (Wildman–Crippen MR) is 153 cm³/mol. The molecule has 13 heteroatoms. The van der Waals surface area contributed by atoms with E-state index in [9.17, 15) is 37.9 Å². The molecule has 3 aromatic carbocycles. The summed E-state index contributed by atoms with van der Waals surface area (Å²) in [5.41, 5.74) is 3.98. The highest BCUT2D eigenvalue weighted by Crippen LogP contribution is 2.54. The molecule has 0 heterocycles. The second kappa shape index (κ2) is 21.4. The van der Waals surface area contributed by atoms with Crippen LogP contribution in [-0.4, -0.2) is 6.29 Å². The second-order valence-corrected chi connectivity index (χ2v) is 8.65. The number of hydrogen-bond donors (Lipinski definition) is 0. The lowest BCUT2D eigenvalue weighted by Crippen LogP contribution is -2.01. The van der Waals surface area contributed by atoms with Crippen molar-refractivity contribution in [2.75, 3.05) is 0 Å². The molecule has 0 aliphatic carbocycles. The minimum atomic E-state index is -6.17. The van der Waals surface area contributed by atoms with Crippen molar-refractivity contribution in [2.45, 2.75) is 39.5 Å². The molecule has 0 bridgehead atoms. The monoisotopic (exact) mass is 764 g/mol. The van der Waals surface area contributed by atoms with Gasteiger partial charge >= 0.3 is 16.4 Å². The number of alkyl halides is 5. The van der Waals surface area contributed by atoms with Gasteiger partial charge in [-0.2, -0.15) is 8.78 Å². The number of aldehydes is 1. The quantitative estimate of drug-likeness (QED) is 0.147. The Morgan fingerprint density at radius 3 is 1.26 bits per heavy atom. The summed E-state index contributed by atoms with van der Waals surface area (Å²) in [4.78, 5) is 7.22. The fourth-order valence-corrected chi connectivity index (χ4v) is 2.36. The van der Waals surface area contributed by atoms with Crippen LogP contribution in [0, 0.1) is 20.8 Å². The van der Waals surface area contributed by atoms with Crippen molar-refractivity contribution in [3.63, 3.8) is 0 Å². The van der Waals surface area contributed by atoms with Gasteiger partial charge in [0, 0.05) is 44.9 Å². The number of benzene rings is 3. The van der Waals surface area contributed by atoms with Gasteiger partial charge in [-0.05, 0) is 36.7 Å². The first-order chi connectivity index (χ1) is 17.0. The Morgan fingerprint density at radius 1 is 0.711 bits per heavy atom. The summed E-state index contributed by atoms with van der Waals surface area (Å²) in [6.45, 7) is 5.72. The molecule has 0 radical (unpaired) electrons. The molecule has 0 amide bonds. The third-order valence-corrected chi connectivity index (χ3v) is 4.38. The van der Waals surface area contributed by atoms with E-state index in [2.05, 4.69) is 44.2 Å². The molecule has 0 spiro atoms. The van der Waals surface area contributed by atoms with Crippen molar-refractivity contribution in [3.8, 4) is 0 Å². The van der Waals surface area contributed by atoms with Gasteiger partial charge in [0.05, 0.1) is 0 Å². The third-order valence-electron chi connectivity index (χ3n) is 3.92. The zero-order chi connectivity index (χ0) is 29.2. The molecule has 0 saturated carbocycles. The SMILES string of the molecule is BrBr.C.Cc1ccc(C(F)(F)Br)cc1.Cc1ccc(C(F)F)cc1.Cc1ccc(C=O)cc1.FS(F)(F)F. The lowest BCUT2D eigenvalue weighted by atomic mass is 10.2. The van der Waals surface area contributed by atoms with Gasteiger partial charge in [0.2, 0.25) is 0 Å². The van der Waals surface area contributed by atoms with E-state index < -0.39 is 22.8 Å². The number of aryl methyl sites for hydroxylation is 3. The van der Waals surface area contributed by atoms with E-state index in [0.717, 1.165) is 23.0 Å². The molecule has 0 fully saturated rings. The van der Waals surface area contributed by atoms with E-state index in [1.54, 1.807) is 24.3 Å². The van der Waals surface area contributed by atoms with Gasteiger partial charge in [0.25, 0.3) is 6.43 Å². The summed E-state index contributed by atoms with van der Waals surface area (Å²) in [5.74, 6) is 0. The summed E-state index contributed by atoms with van der Waals surface area (Å²) < 4.78 is 87.9. The minimum Gasteiger partial charge on any atom is -0.298 e. The van der Waals surface area contributed by atoms with Crippen LogP contribution in [0.2, 0.25) is 0 Å². The van der Waals surface area contributed by atoms with E-state index in [4.69, 9.17) is 0 Å². The Labute approximate surface area is 244 Å². The number of halogens is 11. The van der Waals surface area contributed by atoms with Crippen LogP contribution >= 0.6 is 55.8 Å². The number of carbonyl (C=O) groups is 1. The van der Waals surface area contributed by atoms with E-state index in [1.165, 1.54) is 29.8 Å². The first-order valence-electron chi connectivity index (χ1n) is 9.79. The summed E-state index contributed by atoms with van der Waals surface area (Å²) in [5, 5.41) is 0. The van der Waals surface area contributed by atoms with Crippen LogP contribution in [0.3, 0.4) is 0 Å². The topological polar surface area (TPSA) is 17.1 Å². The van der Waals surface area contributed by atoms with E-state index in [0.29, 0.717) is 0 Å². The molecule has 3 aromatic rings. The summed E-state index contributed by atoms with van der Waals surface area (Å²) in [7, 11) is 0. The molecular formula is C25H27Br3F8OS. The molecule has 1 nitrogen and oxygen atoms in total. The van der Waals surface area contributed by atoms with Crippen LogP contribution in [0.15, 0.2) is 72.8 Å². The van der Waals surface area contributed by atoms with E-state index >= 15 is 0 Å². The van der Waals surface area contributed by atoms with Crippen LogP contribution in [-0.2, 0) is 4.83 Å². The maximum Gasteiger partial charge on any atom is 0.379 e. The zero-order valence-corrected chi connectivity index (χ0v) is 25.1. The Morgan fingerprint density at radius 2 is 1.00 bits per heavy atom. The molecule has 0 aliphatic rings. The molecule has 0 N–H and O–H groups in total. The summed E-state index contributed by atoms with van der Waals surface area (Å²) >= 11 is 1.61. The molecule has 216 valence electrons. The molecule has 0 aliphatic heterocycles. The Kier molecular flexibility index (Phi) is 23.1. The van der Waals surface area contributed by atoms with Crippen molar-refractivity contribution in [1.82, 2.24) is 0 Å². The fourth-order valence-electron chi connectivity index (χ4n) is 2.10. The lowest BCUT2D eigenvalue weighted by molar-refractivity contribution is 0.112. The molecule has 38 heavy (non-hydrogen) atoms. The first-order valence-corrected chi connectivity index (χ1v) is 15.5. The first kappa shape index (κ1) is 41.0. The number of rotatable bonds is 3. The Bertz CT molecular complexity index is 988.